The molecule has 0 saturated carbocycles. The predicted molar refractivity (Wildman–Crippen MR) is 98.6 cm³/mol. The third-order valence-electron chi connectivity index (χ3n) is 3.34. The van der Waals surface area contributed by atoms with E-state index in [0.717, 1.165) is 22.4 Å². The summed E-state index contributed by atoms with van der Waals surface area (Å²) in [5.74, 6) is 0.302. The number of rotatable bonds is 4. The van der Waals surface area contributed by atoms with Gasteiger partial charge in [0.2, 0.25) is 0 Å². The van der Waals surface area contributed by atoms with Crippen LogP contribution in [0.3, 0.4) is 0 Å². The van der Waals surface area contributed by atoms with E-state index in [1.807, 2.05) is 32.9 Å². The Labute approximate surface area is 145 Å². The highest BCUT2D eigenvalue weighted by atomic mass is 32.1. The average Bonchev–Trinajstić information content (AvgIpc) is 2.81. The molecule has 5 nitrogen and oxygen atoms in total. The van der Waals surface area contributed by atoms with Crippen LogP contribution in [0.2, 0.25) is 0 Å². The summed E-state index contributed by atoms with van der Waals surface area (Å²) in [6.07, 6.45) is 2.47. The van der Waals surface area contributed by atoms with Crippen molar-refractivity contribution in [1.82, 2.24) is 4.98 Å². The van der Waals surface area contributed by atoms with Crippen LogP contribution in [0.1, 0.15) is 33.3 Å². The van der Waals surface area contributed by atoms with Gasteiger partial charge in [-0.1, -0.05) is 6.92 Å². The molecule has 0 aliphatic rings. The lowest BCUT2D eigenvalue weighted by molar-refractivity contribution is 0.0601. The van der Waals surface area contributed by atoms with Gasteiger partial charge in [-0.05, 0) is 55.7 Å². The van der Waals surface area contributed by atoms with Crippen LogP contribution in [0.25, 0.3) is 0 Å². The van der Waals surface area contributed by atoms with Crippen molar-refractivity contribution in [2.45, 2.75) is 27.2 Å². The SMILES string of the molecule is CCc1c(C)sc(NC(=S)Nc2cc(C)ccn2)c1C(=O)OC. The molecule has 23 heavy (non-hydrogen) atoms. The lowest BCUT2D eigenvalue weighted by atomic mass is 10.1. The summed E-state index contributed by atoms with van der Waals surface area (Å²) in [6.45, 7) is 5.98. The molecule has 2 aromatic heterocycles. The van der Waals surface area contributed by atoms with Gasteiger partial charge in [0.15, 0.2) is 5.11 Å². The molecule has 0 unspecified atom stereocenters. The van der Waals surface area contributed by atoms with Gasteiger partial charge in [-0.2, -0.15) is 0 Å². The zero-order valence-electron chi connectivity index (χ0n) is 13.5. The summed E-state index contributed by atoms with van der Waals surface area (Å²) in [6, 6.07) is 3.81. The smallest absolute Gasteiger partial charge is 0.341 e. The van der Waals surface area contributed by atoms with Crippen molar-refractivity contribution < 1.29 is 9.53 Å². The van der Waals surface area contributed by atoms with E-state index >= 15 is 0 Å². The zero-order chi connectivity index (χ0) is 17.0. The molecule has 0 amide bonds. The number of ether oxygens (including phenoxy) is 1. The van der Waals surface area contributed by atoms with E-state index in [1.54, 1.807) is 6.20 Å². The fourth-order valence-corrected chi connectivity index (χ4v) is 3.67. The van der Waals surface area contributed by atoms with Gasteiger partial charge in [-0.15, -0.1) is 11.3 Å². The maximum Gasteiger partial charge on any atom is 0.341 e. The normalized spacial score (nSPS) is 10.3. The van der Waals surface area contributed by atoms with E-state index in [4.69, 9.17) is 17.0 Å². The van der Waals surface area contributed by atoms with Crippen LogP contribution >= 0.6 is 23.6 Å². The number of hydrogen-bond donors (Lipinski definition) is 2. The minimum absolute atomic E-state index is 0.356. The first-order valence-corrected chi connectivity index (χ1v) is 8.40. The molecule has 0 aliphatic carbocycles. The number of nitrogens with one attached hydrogen (secondary N) is 2. The number of aromatic nitrogens is 1. The second-order valence-corrected chi connectivity index (χ2v) is 6.62. The van der Waals surface area contributed by atoms with Crippen molar-refractivity contribution in [2.75, 3.05) is 17.7 Å². The van der Waals surface area contributed by atoms with E-state index in [9.17, 15) is 4.79 Å². The first-order chi connectivity index (χ1) is 11.0. The van der Waals surface area contributed by atoms with E-state index in [2.05, 4.69) is 15.6 Å². The largest absolute Gasteiger partial charge is 0.465 e. The Morgan fingerprint density at radius 3 is 2.74 bits per heavy atom. The Hall–Kier alpha value is -1.99. The van der Waals surface area contributed by atoms with Crippen LogP contribution in [0.4, 0.5) is 10.8 Å². The Morgan fingerprint density at radius 1 is 1.39 bits per heavy atom. The number of carbonyl (C=O) groups excluding carboxylic acids is 1. The lowest BCUT2D eigenvalue weighted by Gasteiger charge is -2.10. The van der Waals surface area contributed by atoms with Crippen LogP contribution in [0.15, 0.2) is 18.3 Å². The maximum absolute atomic E-state index is 12.1. The van der Waals surface area contributed by atoms with E-state index in [1.165, 1.54) is 18.4 Å². The number of anilines is 2. The van der Waals surface area contributed by atoms with Crippen molar-refractivity contribution in [3.05, 3.63) is 39.9 Å². The van der Waals surface area contributed by atoms with Gasteiger partial charge in [0, 0.05) is 11.1 Å². The standard InChI is InChI=1S/C16H19N3O2S2/c1-5-11-10(3)23-14(13(11)15(20)21-4)19-16(22)18-12-8-9(2)6-7-17-12/h6-8H,5H2,1-4H3,(H2,17,18,19,22). The topological polar surface area (TPSA) is 63.2 Å². The molecule has 0 aliphatic heterocycles. The molecule has 2 N–H and O–H groups in total. The molecule has 0 aromatic carbocycles. The lowest BCUT2D eigenvalue weighted by Crippen LogP contribution is -2.20. The summed E-state index contributed by atoms with van der Waals surface area (Å²) >= 11 is 6.82. The monoisotopic (exact) mass is 349 g/mol. The first kappa shape index (κ1) is 17.4. The Bertz CT molecular complexity index is 741. The molecule has 122 valence electrons. The molecule has 2 heterocycles. The third kappa shape index (κ3) is 4.05. The Balaban J connectivity index is 2.22. The van der Waals surface area contributed by atoms with Crippen molar-refractivity contribution in [3.63, 3.8) is 0 Å². The summed E-state index contributed by atoms with van der Waals surface area (Å²) in [7, 11) is 1.38. The Morgan fingerprint density at radius 2 is 2.13 bits per heavy atom. The summed E-state index contributed by atoms with van der Waals surface area (Å²) in [4.78, 5) is 17.4. The molecule has 0 fully saturated rings. The number of thiocarbonyl (C=S) groups is 1. The van der Waals surface area contributed by atoms with Crippen LogP contribution in [-0.2, 0) is 11.2 Å². The minimum Gasteiger partial charge on any atom is -0.465 e. The average molecular weight is 349 g/mol. The summed E-state index contributed by atoms with van der Waals surface area (Å²) in [5, 5.41) is 7.19. The number of methoxy groups -OCH3 is 1. The van der Waals surface area contributed by atoms with Crippen molar-refractivity contribution >= 4 is 45.5 Å². The summed E-state index contributed by atoms with van der Waals surface area (Å²) in [5.41, 5.74) is 2.63. The second kappa shape index (κ2) is 7.52. The van der Waals surface area contributed by atoms with Crippen molar-refractivity contribution in [1.29, 1.82) is 0 Å². The van der Waals surface area contributed by atoms with Gasteiger partial charge in [-0.3, -0.25) is 0 Å². The van der Waals surface area contributed by atoms with Gasteiger partial charge < -0.3 is 15.4 Å². The van der Waals surface area contributed by atoms with Crippen molar-refractivity contribution in [2.24, 2.45) is 0 Å². The predicted octanol–water partition coefficient (Wildman–Crippen LogP) is 3.92. The van der Waals surface area contributed by atoms with Crippen LogP contribution < -0.4 is 10.6 Å². The molecular weight excluding hydrogens is 330 g/mol. The van der Waals surface area contributed by atoms with Gasteiger partial charge in [-0.25, -0.2) is 9.78 Å². The molecular formula is C16H19N3O2S2. The minimum atomic E-state index is -0.356. The highest BCUT2D eigenvalue weighted by molar-refractivity contribution is 7.80. The summed E-state index contributed by atoms with van der Waals surface area (Å²) < 4.78 is 4.90. The third-order valence-corrected chi connectivity index (χ3v) is 4.60. The highest BCUT2D eigenvalue weighted by Gasteiger charge is 2.22. The fourth-order valence-electron chi connectivity index (χ4n) is 2.27. The zero-order valence-corrected chi connectivity index (χ0v) is 15.2. The number of carbonyl (C=O) groups is 1. The van der Waals surface area contributed by atoms with E-state index in [-0.39, 0.29) is 5.97 Å². The molecule has 0 bridgehead atoms. The molecule has 0 spiro atoms. The number of aryl methyl sites for hydroxylation is 2. The molecule has 2 aromatic rings. The number of esters is 1. The van der Waals surface area contributed by atoms with E-state index < -0.39 is 0 Å². The fraction of sp³-hybridized carbons (Fsp3) is 0.312. The maximum atomic E-state index is 12.1. The molecule has 0 radical (unpaired) electrons. The second-order valence-electron chi connectivity index (χ2n) is 4.98. The van der Waals surface area contributed by atoms with Crippen LogP contribution in [0.5, 0.6) is 0 Å². The van der Waals surface area contributed by atoms with Crippen LogP contribution in [-0.4, -0.2) is 23.2 Å². The first-order valence-electron chi connectivity index (χ1n) is 7.17. The highest BCUT2D eigenvalue weighted by Crippen LogP contribution is 2.34. The van der Waals surface area contributed by atoms with Gasteiger partial charge in [0.25, 0.3) is 0 Å². The molecule has 0 atom stereocenters. The van der Waals surface area contributed by atoms with E-state index in [0.29, 0.717) is 21.5 Å². The van der Waals surface area contributed by atoms with Crippen LogP contribution in [0, 0.1) is 13.8 Å². The molecule has 2 rings (SSSR count). The number of thiophene rings is 1. The molecule has 7 heteroatoms. The Kier molecular flexibility index (Phi) is 5.68. The van der Waals surface area contributed by atoms with Gasteiger partial charge in [0.05, 0.1) is 12.7 Å². The van der Waals surface area contributed by atoms with Crippen molar-refractivity contribution in [3.8, 4) is 0 Å². The number of hydrogen-bond acceptors (Lipinski definition) is 5. The molecule has 0 saturated heterocycles. The van der Waals surface area contributed by atoms with Gasteiger partial charge >= 0.3 is 5.97 Å². The number of pyridine rings is 1. The quantitative estimate of drug-likeness (QED) is 0.644. The van der Waals surface area contributed by atoms with Gasteiger partial charge in [0.1, 0.15) is 10.8 Å². The number of nitrogens with zero attached hydrogens (tertiary/aromatic N) is 1.